The van der Waals surface area contributed by atoms with Gasteiger partial charge in [0.05, 0.1) is 0 Å². The highest BCUT2D eigenvalue weighted by atomic mass is 35.5. The summed E-state index contributed by atoms with van der Waals surface area (Å²) in [6.45, 7) is 5.95. The van der Waals surface area contributed by atoms with Gasteiger partial charge in [0.15, 0.2) is 0 Å². The van der Waals surface area contributed by atoms with E-state index in [4.69, 9.17) is 16.3 Å². The molecule has 0 aliphatic rings. The maximum atomic E-state index is 11.1. The van der Waals surface area contributed by atoms with Crippen molar-refractivity contribution in [2.24, 2.45) is 5.41 Å². The number of hydrogen-bond acceptors (Lipinski definition) is 4. The second kappa shape index (κ2) is 6.00. The lowest BCUT2D eigenvalue weighted by molar-refractivity contribution is -0.0949. The van der Waals surface area contributed by atoms with Crippen molar-refractivity contribution in [2.75, 3.05) is 6.61 Å². The lowest BCUT2D eigenvalue weighted by atomic mass is 9.73. The molecular weight excluding hydrogens is 288 g/mol. The minimum Gasteiger partial charge on any atom is -0.490 e. The summed E-state index contributed by atoms with van der Waals surface area (Å²) in [5, 5.41) is 11.7. The van der Waals surface area contributed by atoms with Crippen molar-refractivity contribution in [3.8, 4) is 5.75 Å². The number of halogens is 1. The Kier molecular flexibility index (Phi) is 4.49. The lowest BCUT2D eigenvalue weighted by Gasteiger charge is -2.39. The van der Waals surface area contributed by atoms with Crippen LogP contribution in [-0.4, -0.2) is 21.7 Å². The van der Waals surface area contributed by atoms with Crippen LogP contribution in [0.15, 0.2) is 43.0 Å². The Morgan fingerprint density at radius 1 is 1.10 bits per heavy atom. The third kappa shape index (κ3) is 3.52. The molecule has 0 amide bonds. The number of hydrogen-bond donors (Lipinski definition) is 1. The molecule has 0 aliphatic carbocycles. The molecule has 2 rings (SSSR count). The predicted octanol–water partition coefficient (Wildman–Crippen LogP) is 3.44. The van der Waals surface area contributed by atoms with Crippen molar-refractivity contribution < 1.29 is 9.84 Å². The molecule has 1 atom stereocenters. The second-order valence-electron chi connectivity index (χ2n) is 5.98. The van der Waals surface area contributed by atoms with Crippen molar-refractivity contribution in [1.82, 2.24) is 9.97 Å². The Hall–Kier alpha value is -1.65. The largest absolute Gasteiger partial charge is 0.490 e. The molecule has 0 bridgehead atoms. The first-order valence-corrected chi connectivity index (χ1v) is 7.07. The van der Waals surface area contributed by atoms with Gasteiger partial charge in [0.2, 0.25) is 0 Å². The zero-order valence-corrected chi connectivity index (χ0v) is 13.1. The quantitative estimate of drug-likeness (QED) is 0.940. The summed E-state index contributed by atoms with van der Waals surface area (Å²) in [5.41, 5.74) is -1.01. The zero-order chi connectivity index (χ0) is 15.5. The molecule has 0 saturated carbocycles. The molecule has 0 unspecified atom stereocenters. The summed E-state index contributed by atoms with van der Waals surface area (Å²) in [4.78, 5) is 7.97. The monoisotopic (exact) mass is 306 g/mol. The van der Waals surface area contributed by atoms with Gasteiger partial charge in [-0.25, -0.2) is 9.97 Å². The highest BCUT2D eigenvalue weighted by Crippen LogP contribution is 2.39. The molecule has 1 aromatic heterocycles. The topological polar surface area (TPSA) is 55.2 Å². The van der Waals surface area contributed by atoms with Gasteiger partial charge in [0, 0.05) is 23.0 Å². The van der Waals surface area contributed by atoms with E-state index < -0.39 is 11.0 Å². The Morgan fingerprint density at radius 2 is 1.67 bits per heavy atom. The van der Waals surface area contributed by atoms with Gasteiger partial charge in [-0.3, -0.25) is 0 Å². The summed E-state index contributed by atoms with van der Waals surface area (Å²) in [7, 11) is 0. The Morgan fingerprint density at radius 3 is 2.19 bits per heavy atom. The van der Waals surface area contributed by atoms with Crippen molar-refractivity contribution >= 4 is 11.6 Å². The van der Waals surface area contributed by atoms with E-state index in [1.807, 2.05) is 20.8 Å². The van der Waals surface area contributed by atoms with Gasteiger partial charge in [-0.15, -0.1) is 0 Å². The van der Waals surface area contributed by atoms with E-state index in [9.17, 15) is 5.11 Å². The van der Waals surface area contributed by atoms with E-state index in [0.717, 1.165) is 0 Å². The Labute approximate surface area is 129 Å². The molecule has 5 heteroatoms. The summed E-state index contributed by atoms with van der Waals surface area (Å²) < 4.78 is 5.74. The molecular formula is C16H19ClN2O2. The number of aromatic nitrogens is 2. The smallest absolute Gasteiger partial charge is 0.131 e. The standard InChI is InChI=1S/C16H19ClN2O2/c1-15(2,3)16(20,12-8-18-11-19-9-12)10-21-14-6-4-13(17)5-7-14/h4-9,11,20H,10H2,1-3H3/t16-/m1/s1. The van der Waals surface area contributed by atoms with E-state index in [1.54, 1.807) is 36.7 Å². The van der Waals surface area contributed by atoms with E-state index in [1.165, 1.54) is 6.33 Å². The molecule has 0 radical (unpaired) electrons. The molecule has 0 fully saturated rings. The minimum absolute atomic E-state index is 0.103. The van der Waals surface area contributed by atoms with Crippen LogP contribution in [0.2, 0.25) is 5.02 Å². The van der Waals surface area contributed by atoms with Gasteiger partial charge in [-0.2, -0.15) is 0 Å². The molecule has 21 heavy (non-hydrogen) atoms. The molecule has 4 nitrogen and oxygen atoms in total. The first kappa shape index (κ1) is 15.7. The molecule has 1 heterocycles. The van der Waals surface area contributed by atoms with Crippen molar-refractivity contribution in [2.45, 2.75) is 26.4 Å². The van der Waals surface area contributed by atoms with Crippen LogP contribution in [0, 0.1) is 5.41 Å². The van der Waals surface area contributed by atoms with Crippen LogP contribution in [-0.2, 0) is 5.60 Å². The summed E-state index contributed by atoms with van der Waals surface area (Å²) in [6.07, 6.45) is 4.67. The number of rotatable bonds is 4. The summed E-state index contributed by atoms with van der Waals surface area (Å²) in [6, 6.07) is 7.04. The normalized spacial score (nSPS) is 14.5. The molecule has 1 N–H and O–H groups in total. The number of nitrogens with zero attached hydrogens (tertiary/aromatic N) is 2. The van der Waals surface area contributed by atoms with Crippen LogP contribution in [0.3, 0.4) is 0 Å². The first-order chi connectivity index (χ1) is 9.83. The predicted molar refractivity (Wildman–Crippen MR) is 82.3 cm³/mol. The van der Waals surface area contributed by atoms with Crippen LogP contribution in [0.25, 0.3) is 0 Å². The summed E-state index contributed by atoms with van der Waals surface area (Å²) >= 11 is 5.85. The van der Waals surface area contributed by atoms with E-state index in [2.05, 4.69) is 9.97 Å². The van der Waals surface area contributed by atoms with E-state index in [0.29, 0.717) is 16.3 Å². The molecule has 0 aliphatic heterocycles. The Balaban J connectivity index is 2.24. The number of ether oxygens (including phenoxy) is 1. The fourth-order valence-corrected chi connectivity index (χ4v) is 2.09. The molecule has 112 valence electrons. The van der Waals surface area contributed by atoms with Crippen molar-refractivity contribution in [3.05, 3.63) is 53.6 Å². The van der Waals surface area contributed by atoms with E-state index in [-0.39, 0.29) is 6.61 Å². The average molecular weight is 307 g/mol. The van der Waals surface area contributed by atoms with Crippen LogP contribution < -0.4 is 4.74 Å². The number of aliphatic hydroxyl groups is 1. The van der Waals surface area contributed by atoms with Crippen LogP contribution in [0.5, 0.6) is 5.75 Å². The highest BCUT2D eigenvalue weighted by Gasteiger charge is 2.43. The zero-order valence-electron chi connectivity index (χ0n) is 12.4. The van der Waals surface area contributed by atoms with Gasteiger partial charge >= 0.3 is 0 Å². The van der Waals surface area contributed by atoms with Crippen LogP contribution in [0.4, 0.5) is 0 Å². The lowest BCUT2D eigenvalue weighted by Crippen LogP contribution is -2.45. The van der Waals surface area contributed by atoms with Crippen LogP contribution >= 0.6 is 11.6 Å². The SMILES string of the molecule is CC(C)(C)[C@@](O)(COc1ccc(Cl)cc1)c1cncnc1. The fourth-order valence-electron chi connectivity index (χ4n) is 1.96. The maximum Gasteiger partial charge on any atom is 0.131 e. The van der Waals surface area contributed by atoms with Gasteiger partial charge < -0.3 is 9.84 Å². The van der Waals surface area contributed by atoms with Gasteiger partial charge in [0.1, 0.15) is 24.3 Å². The van der Waals surface area contributed by atoms with Crippen molar-refractivity contribution in [1.29, 1.82) is 0 Å². The maximum absolute atomic E-state index is 11.1. The third-order valence-corrected chi connectivity index (χ3v) is 3.79. The summed E-state index contributed by atoms with van der Waals surface area (Å²) in [5.74, 6) is 0.652. The number of benzene rings is 1. The fraction of sp³-hybridized carbons (Fsp3) is 0.375. The van der Waals surface area contributed by atoms with Gasteiger partial charge in [-0.05, 0) is 29.7 Å². The molecule has 0 spiro atoms. The molecule has 2 aromatic rings. The minimum atomic E-state index is -1.20. The van der Waals surface area contributed by atoms with Crippen molar-refractivity contribution in [3.63, 3.8) is 0 Å². The third-order valence-electron chi connectivity index (χ3n) is 3.54. The van der Waals surface area contributed by atoms with Gasteiger partial charge in [-0.1, -0.05) is 32.4 Å². The van der Waals surface area contributed by atoms with E-state index >= 15 is 0 Å². The average Bonchev–Trinajstić information content (AvgIpc) is 2.46. The molecule has 1 aromatic carbocycles. The first-order valence-electron chi connectivity index (χ1n) is 6.69. The molecule has 0 saturated heterocycles. The van der Waals surface area contributed by atoms with Crippen LogP contribution in [0.1, 0.15) is 26.3 Å². The second-order valence-corrected chi connectivity index (χ2v) is 6.42. The van der Waals surface area contributed by atoms with Gasteiger partial charge in [0.25, 0.3) is 0 Å². The highest BCUT2D eigenvalue weighted by molar-refractivity contribution is 6.30. The Bertz CT molecular complexity index is 581.